The van der Waals surface area contributed by atoms with Gasteiger partial charge >= 0.3 is 0 Å². The summed E-state index contributed by atoms with van der Waals surface area (Å²) in [6.45, 7) is 2.22. The normalized spacial score (nSPS) is 11.9. The van der Waals surface area contributed by atoms with Crippen LogP contribution in [0, 0.1) is 6.92 Å². The van der Waals surface area contributed by atoms with Crippen LogP contribution >= 0.6 is 22.9 Å². The number of hydrogen-bond acceptors (Lipinski definition) is 4. The van der Waals surface area contributed by atoms with E-state index in [2.05, 4.69) is 0 Å². The fourth-order valence-corrected chi connectivity index (χ4v) is 4.43. The number of hydrogen-bond donors (Lipinski definition) is 1. The third-order valence-corrected chi connectivity index (χ3v) is 6.11. The van der Waals surface area contributed by atoms with Crippen molar-refractivity contribution >= 4 is 28.6 Å². The van der Waals surface area contributed by atoms with Crippen molar-refractivity contribution in [1.82, 2.24) is 13.9 Å². The molecule has 0 aliphatic carbocycles. The molecule has 2 aromatic carbocycles. The SMILES string of the molecule is Cc1c(N=c2scc(-c3ccc(Cl)cc3)n2CCO)c(=O)n(-c2ccccc2)n1C. The van der Waals surface area contributed by atoms with Gasteiger partial charge in [0, 0.05) is 24.0 Å². The van der Waals surface area contributed by atoms with Crippen molar-refractivity contribution in [2.45, 2.75) is 13.5 Å². The Hall–Kier alpha value is -2.87. The van der Waals surface area contributed by atoms with E-state index in [1.807, 2.05) is 78.5 Å². The van der Waals surface area contributed by atoms with Crippen molar-refractivity contribution < 1.29 is 5.11 Å². The van der Waals surface area contributed by atoms with E-state index in [1.54, 1.807) is 9.36 Å². The molecule has 2 aromatic heterocycles. The quantitative estimate of drug-likeness (QED) is 0.511. The van der Waals surface area contributed by atoms with Gasteiger partial charge in [-0.05, 0) is 36.8 Å². The van der Waals surface area contributed by atoms with Crippen molar-refractivity contribution in [2.24, 2.45) is 12.0 Å². The molecule has 8 heteroatoms. The Morgan fingerprint density at radius 2 is 1.80 bits per heavy atom. The van der Waals surface area contributed by atoms with Crippen LogP contribution in [0.25, 0.3) is 16.9 Å². The van der Waals surface area contributed by atoms with Crippen molar-refractivity contribution in [3.8, 4) is 16.9 Å². The molecule has 0 saturated carbocycles. The molecule has 30 heavy (non-hydrogen) atoms. The van der Waals surface area contributed by atoms with E-state index in [4.69, 9.17) is 16.6 Å². The predicted molar refractivity (Wildman–Crippen MR) is 121 cm³/mol. The number of thiazole rings is 1. The first kappa shape index (κ1) is 20.4. The van der Waals surface area contributed by atoms with E-state index in [0.29, 0.717) is 22.1 Å². The fraction of sp³-hybridized carbons (Fsp3) is 0.182. The van der Waals surface area contributed by atoms with Gasteiger partial charge in [0.05, 0.1) is 23.7 Å². The molecule has 1 N–H and O–H groups in total. The molecule has 0 atom stereocenters. The highest BCUT2D eigenvalue weighted by molar-refractivity contribution is 7.07. The topological polar surface area (TPSA) is 64.4 Å². The zero-order chi connectivity index (χ0) is 21.3. The van der Waals surface area contributed by atoms with E-state index in [9.17, 15) is 9.90 Å². The number of benzene rings is 2. The van der Waals surface area contributed by atoms with Crippen molar-refractivity contribution in [2.75, 3.05) is 6.61 Å². The van der Waals surface area contributed by atoms with E-state index in [0.717, 1.165) is 22.6 Å². The molecule has 6 nitrogen and oxygen atoms in total. The molecular formula is C22H21ClN4O2S. The van der Waals surface area contributed by atoms with Gasteiger partial charge in [-0.2, -0.15) is 0 Å². The zero-order valence-electron chi connectivity index (χ0n) is 16.6. The maximum absolute atomic E-state index is 13.2. The molecule has 2 heterocycles. The molecule has 4 aromatic rings. The van der Waals surface area contributed by atoms with Crippen molar-refractivity contribution in [3.63, 3.8) is 0 Å². The van der Waals surface area contributed by atoms with Gasteiger partial charge in [-0.3, -0.25) is 9.48 Å². The summed E-state index contributed by atoms with van der Waals surface area (Å²) in [7, 11) is 1.85. The first-order valence-corrected chi connectivity index (χ1v) is 10.7. The molecular weight excluding hydrogens is 420 g/mol. The van der Waals surface area contributed by atoms with E-state index in [1.165, 1.54) is 11.3 Å². The summed E-state index contributed by atoms with van der Waals surface area (Å²) in [5.41, 5.74) is 3.64. The Morgan fingerprint density at radius 1 is 1.10 bits per heavy atom. The van der Waals surface area contributed by atoms with E-state index >= 15 is 0 Å². The largest absolute Gasteiger partial charge is 0.395 e. The first-order chi connectivity index (χ1) is 14.5. The maximum atomic E-state index is 13.2. The summed E-state index contributed by atoms with van der Waals surface area (Å²) in [4.78, 5) is 18.6. The molecule has 0 bridgehead atoms. The first-order valence-electron chi connectivity index (χ1n) is 9.45. The van der Waals surface area contributed by atoms with Crippen LogP contribution in [0.5, 0.6) is 0 Å². The molecule has 0 saturated heterocycles. The van der Waals surface area contributed by atoms with Crippen molar-refractivity contribution in [3.05, 3.63) is 85.8 Å². The van der Waals surface area contributed by atoms with Crippen LogP contribution < -0.4 is 10.4 Å². The number of aliphatic hydroxyl groups excluding tert-OH is 1. The van der Waals surface area contributed by atoms with Gasteiger partial charge < -0.3 is 9.67 Å². The Bertz CT molecular complexity index is 1300. The van der Waals surface area contributed by atoms with Crippen LogP contribution in [0.4, 0.5) is 5.69 Å². The molecule has 4 rings (SSSR count). The third-order valence-electron chi connectivity index (χ3n) is 4.99. The Balaban J connectivity index is 1.89. The molecule has 0 fully saturated rings. The number of rotatable bonds is 5. The number of aliphatic hydroxyl groups is 1. The smallest absolute Gasteiger partial charge is 0.297 e. The molecule has 0 aliphatic heterocycles. The van der Waals surface area contributed by atoms with Gasteiger partial charge in [-0.15, -0.1) is 11.3 Å². The van der Waals surface area contributed by atoms with Crippen LogP contribution in [-0.4, -0.2) is 25.6 Å². The highest BCUT2D eigenvalue weighted by atomic mass is 35.5. The summed E-state index contributed by atoms with van der Waals surface area (Å²) in [6, 6.07) is 17.0. The number of para-hydroxylation sites is 1. The highest BCUT2D eigenvalue weighted by Gasteiger charge is 2.16. The lowest BCUT2D eigenvalue weighted by Gasteiger charge is -2.07. The monoisotopic (exact) mass is 440 g/mol. The minimum absolute atomic E-state index is 0.0352. The van der Waals surface area contributed by atoms with Crippen LogP contribution in [0.1, 0.15) is 5.69 Å². The number of nitrogens with zero attached hydrogens (tertiary/aromatic N) is 4. The number of aromatic nitrogens is 3. The molecule has 0 unspecified atom stereocenters. The van der Waals surface area contributed by atoms with Gasteiger partial charge in [0.2, 0.25) is 0 Å². The molecule has 0 spiro atoms. The molecule has 0 amide bonds. The van der Waals surface area contributed by atoms with Crippen molar-refractivity contribution in [1.29, 1.82) is 0 Å². The van der Waals surface area contributed by atoms with Crippen LogP contribution in [0.2, 0.25) is 5.02 Å². The van der Waals surface area contributed by atoms with Gasteiger partial charge in [0.15, 0.2) is 10.5 Å². The lowest BCUT2D eigenvalue weighted by Crippen LogP contribution is -2.21. The van der Waals surface area contributed by atoms with E-state index in [-0.39, 0.29) is 12.2 Å². The van der Waals surface area contributed by atoms with E-state index < -0.39 is 0 Å². The second-order valence-electron chi connectivity index (χ2n) is 6.81. The Labute approximate surface area is 182 Å². The lowest BCUT2D eigenvalue weighted by molar-refractivity contribution is 0.275. The maximum Gasteiger partial charge on any atom is 0.297 e. The summed E-state index contributed by atoms with van der Waals surface area (Å²) in [6.07, 6.45) is 0. The average Bonchev–Trinajstić information content (AvgIpc) is 3.24. The Kier molecular flexibility index (Phi) is 5.76. The van der Waals surface area contributed by atoms with Gasteiger partial charge in [0.1, 0.15) is 0 Å². The van der Waals surface area contributed by atoms with Gasteiger partial charge in [-0.1, -0.05) is 41.9 Å². The molecule has 154 valence electrons. The summed E-state index contributed by atoms with van der Waals surface area (Å²) >= 11 is 7.45. The number of halogens is 1. The summed E-state index contributed by atoms with van der Waals surface area (Å²) in [5, 5.41) is 12.2. The average molecular weight is 441 g/mol. The lowest BCUT2D eigenvalue weighted by atomic mass is 10.2. The second kappa shape index (κ2) is 8.47. The van der Waals surface area contributed by atoms with Crippen LogP contribution in [0.3, 0.4) is 0 Å². The minimum atomic E-state index is -0.182. The minimum Gasteiger partial charge on any atom is -0.395 e. The predicted octanol–water partition coefficient (Wildman–Crippen LogP) is 3.89. The van der Waals surface area contributed by atoms with Gasteiger partial charge in [-0.25, -0.2) is 9.67 Å². The standard InChI is InChI=1S/C22H21ClN4O2S/c1-15-20(21(29)27(25(15)2)18-6-4-3-5-7-18)24-22-26(12-13-28)19(14-30-22)16-8-10-17(23)11-9-16/h3-11,14,28H,12-13H2,1-2H3. The second-order valence-corrected chi connectivity index (χ2v) is 8.08. The Morgan fingerprint density at radius 3 is 2.47 bits per heavy atom. The summed E-state index contributed by atoms with van der Waals surface area (Å²) < 4.78 is 5.34. The molecule has 0 aliphatic rings. The van der Waals surface area contributed by atoms with Crippen LogP contribution in [0.15, 0.2) is 69.8 Å². The zero-order valence-corrected chi connectivity index (χ0v) is 18.2. The van der Waals surface area contributed by atoms with Gasteiger partial charge in [0.25, 0.3) is 5.56 Å². The van der Waals surface area contributed by atoms with Crippen LogP contribution in [-0.2, 0) is 13.6 Å². The highest BCUT2D eigenvalue weighted by Crippen LogP contribution is 2.23. The fourth-order valence-electron chi connectivity index (χ4n) is 3.36. The summed E-state index contributed by atoms with van der Waals surface area (Å²) in [5.74, 6) is 0. The third kappa shape index (κ3) is 3.67. The molecule has 0 radical (unpaired) electrons.